The Morgan fingerprint density at radius 1 is 1.20 bits per heavy atom. The van der Waals surface area contributed by atoms with Gasteiger partial charge in [-0.25, -0.2) is 18.2 Å². The van der Waals surface area contributed by atoms with E-state index in [1.54, 1.807) is 0 Å². The number of aliphatic imine (C=N–C) groups is 1. The number of fused-ring (bicyclic) bond motifs is 1. The Morgan fingerprint density at radius 3 is 2.50 bits per heavy atom. The summed E-state index contributed by atoms with van der Waals surface area (Å²) < 4.78 is 41.8. The van der Waals surface area contributed by atoms with E-state index in [-0.39, 0.29) is 5.95 Å². The van der Waals surface area contributed by atoms with Crippen LogP contribution in [0.1, 0.15) is 5.56 Å². The maximum Gasteiger partial charge on any atom is 0.232 e. The first-order valence-corrected chi connectivity index (χ1v) is 5.58. The van der Waals surface area contributed by atoms with Crippen molar-refractivity contribution in [3.8, 4) is 0 Å². The second kappa shape index (κ2) is 4.07. The molecule has 1 unspecified atom stereocenters. The van der Waals surface area contributed by atoms with Crippen molar-refractivity contribution in [1.82, 2.24) is 9.55 Å². The average molecular weight is 283 g/mol. The van der Waals surface area contributed by atoms with Crippen molar-refractivity contribution in [1.29, 1.82) is 0 Å². The van der Waals surface area contributed by atoms with Crippen LogP contribution in [0.2, 0.25) is 0 Å². The van der Waals surface area contributed by atoms with Gasteiger partial charge in [-0.05, 0) is 0 Å². The standard InChI is InChI=1S/C12H8F3N3O2/c13-6-3-7(14)9(8(15)4-6)12(20)5-18-2-1-16-11(18)17-10(12)19/h1-4,20H,5H2,(H,16,17,19). The highest BCUT2D eigenvalue weighted by atomic mass is 19.1. The fourth-order valence-electron chi connectivity index (χ4n) is 2.17. The molecule has 0 bridgehead atoms. The van der Waals surface area contributed by atoms with Crippen molar-refractivity contribution in [2.45, 2.75) is 12.1 Å². The van der Waals surface area contributed by atoms with Gasteiger partial charge in [0.1, 0.15) is 17.5 Å². The molecule has 20 heavy (non-hydrogen) atoms. The van der Waals surface area contributed by atoms with Gasteiger partial charge >= 0.3 is 0 Å². The SMILES string of the molecule is OC1=Nc2nccn2CC1(O)c1c(F)cc(F)cc1F. The number of imidazole rings is 1. The molecule has 0 saturated heterocycles. The molecule has 5 nitrogen and oxygen atoms in total. The third-order valence-corrected chi connectivity index (χ3v) is 3.09. The lowest BCUT2D eigenvalue weighted by Crippen LogP contribution is -2.43. The molecule has 0 saturated carbocycles. The van der Waals surface area contributed by atoms with Crippen LogP contribution < -0.4 is 0 Å². The van der Waals surface area contributed by atoms with Crippen LogP contribution in [0.15, 0.2) is 29.5 Å². The van der Waals surface area contributed by atoms with Crippen molar-refractivity contribution >= 4 is 11.8 Å². The molecule has 2 heterocycles. The molecule has 0 aliphatic carbocycles. The largest absolute Gasteiger partial charge is 0.494 e. The van der Waals surface area contributed by atoms with E-state index in [1.165, 1.54) is 17.0 Å². The summed E-state index contributed by atoms with van der Waals surface area (Å²) >= 11 is 0. The number of rotatable bonds is 1. The molecule has 0 amide bonds. The summed E-state index contributed by atoms with van der Waals surface area (Å²) in [6, 6.07) is 0.847. The highest BCUT2D eigenvalue weighted by Crippen LogP contribution is 2.34. The number of halogens is 3. The number of aliphatic hydroxyl groups excluding tert-OH is 1. The Bertz CT molecular complexity index is 705. The number of hydrogen-bond donors (Lipinski definition) is 2. The van der Waals surface area contributed by atoms with Crippen molar-refractivity contribution in [3.05, 3.63) is 47.5 Å². The fraction of sp³-hybridized carbons (Fsp3) is 0.167. The molecule has 1 atom stereocenters. The zero-order chi connectivity index (χ0) is 14.5. The lowest BCUT2D eigenvalue weighted by atomic mass is 9.91. The minimum Gasteiger partial charge on any atom is -0.494 e. The number of nitrogens with zero attached hydrogens (tertiary/aromatic N) is 3. The first kappa shape index (κ1) is 12.7. The maximum atomic E-state index is 13.8. The van der Waals surface area contributed by atoms with Gasteiger partial charge in [-0.3, -0.25) is 0 Å². The summed E-state index contributed by atoms with van der Waals surface area (Å²) in [6.45, 7) is -0.392. The third-order valence-electron chi connectivity index (χ3n) is 3.09. The first-order chi connectivity index (χ1) is 9.41. The minimum absolute atomic E-state index is 0.0927. The van der Waals surface area contributed by atoms with Gasteiger partial charge < -0.3 is 14.8 Å². The number of aromatic nitrogens is 2. The van der Waals surface area contributed by atoms with Crippen molar-refractivity contribution < 1.29 is 23.4 Å². The van der Waals surface area contributed by atoms with Crippen molar-refractivity contribution in [3.63, 3.8) is 0 Å². The molecule has 8 heteroatoms. The molecule has 1 aromatic carbocycles. The van der Waals surface area contributed by atoms with Crippen LogP contribution in [0.4, 0.5) is 19.1 Å². The van der Waals surface area contributed by atoms with Gasteiger partial charge in [0.2, 0.25) is 11.8 Å². The van der Waals surface area contributed by atoms with Crippen LogP contribution in [-0.4, -0.2) is 25.7 Å². The maximum absolute atomic E-state index is 13.8. The Kier molecular flexibility index (Phi) is 2.58. The lowest BCUT2D eigenvalue weighted by Gasteiger charge is -2.30. The molecular weight excluding hydrogens is 275 g/mol. The zero-order valence-corrected chi connectivity index (χ0v) is 9.89. The molecule has 0 spiro atoms. The first-order valence-electron chi connectivity index (χ1n) is 5.58. The smallest absolute Gasteiger partial charge is 0.232 e. The molecule has 3 rings (SSSR count). The fourth-order valence-corrected chi connectivity index (χ4v) is 2.17. The van der Waals surface area contributed by atoms with Gasteiger partial charge in [0.05, 0.1) is 12.1 Å². The third kappa shape index (κ3) is 1.68. The molecule has 0 radical (unpaired) electrons. The van der Waals surface area contributed by atoms with E-state index in [0.717, 1.165) is 0 Å². The molecule has 1 aromatic heterocycles. The van der Waals surface area contributed by atoms with Gasteiger partial charge in [0.25, 0.3) is 0 Å². The van der Waals surface area contributed by atoms with Gasteiger partial charge in [-0.2, -0.15) is 4.99 Å². The monoisotopic (exact) mass is 283 g/mol. The van der Waals surface area contributed by atoms with Crippen LogP contribution in [0.5, 0.6) is 0 Å². The van der Waals surface area contributed by atoms with E-state index in [0.29, 0.717) is 12.1 Å². The van der Waals surface area contributed by atoms with Gasteiger partial charge in [0.15, 0.2) is 5.60 Å². The Labute approximate surface area is 110 Å². The summed E-state index contributed by atoms with van der Waals surface area (Å²) in [5.74, 6) is -4.55. The highest BCUT2D eigenvalue weighted by Gasteiger charge is 2.44. The number of hydrogen-bond acceptors (Lipinski definition) is 3. The normalized spacial score (nSPS) is 21.5. The number of aliphatic hydroxyl groups is 2. The second-order valence-corrected chi connectivity index (χ2v) is 4.40. The summed E-state index contributed by atoms with van der Waals surface area (Å²) in [6.07, 6.45) is 2.78. The lowest BCUT2D eigenvalue weighted by molar-refractivity contribution is 0.0605. The Morgan fingerprint density at radius 2 is 1.85 bits per heavy atom. The molecule has 1 aliphatic heterocycles. The molecular formula is C12H8F3N3O2. The second-order valence-electron chi connectivity index (χ2n) is 4.40. The summed E-state index contributed by atoms with van der Waals surface area (Å²) in [5, 5.41) is 20.2. The molecule has 2 N–H and O–H groups in total. The van der Waals surface area contributed by atoms with Crippen LogP contribution >= 0.6 is 0 Å². The number of benzene rings is 1. The summed E-state index contributed by atoms with van der Waals surface area (Å²) in [5.41, 5.74) is -3.28. The van der Waals surface area contributed by atoms with E-state index in [4.69, 9.17) is 0 Å². The molecule has 1 aliphatic rings. The van der Waals surface area contributed by atoms with Crippen LogP contribution in [0.25, 0.3) is 0 Å². The van der Waals surface area contributed by atoms with Crippen LogP contribution in [-0.2, 0) is 12.1 Å². The highest BCUT2D eigenvalue weighted by molar-refractivity contribution is 5.87. The van der Waals surface area contributed by atoms with Crippen LogP contribution in [0, 0.1) is 17.5 Å². The summed E-state index contributed by atoms with van der Waals surface area (Å²) in [7, 11) is 0. The van der Waals surface area contributed by atoms with Crippen molar-refractivity contribution in [2.24, 2.45) is 4.99 Å². The predicted molar refractivity (Wildman–Crippen MR) is 62.2 cm³/mol. The average Bonchev–Trinajstić information content (AvgIpc) is 2.74. The van der Waals surface area contributed by atoms with E-state index < -0.39 is 41.1 Å². The Hall–Kier alpha value is -2.35. The Balaban J connectivity index is 2.20. The summed E-state index contributed by atoms with van der Waals surface area (Å²) in [4.78, 5) is 7.37. The van der Waals surface area contributed by atoms with Gasteiger partial charge in [-0.1, -0.05) is 0 Å². The topological polar surface area (TPSA) is 70.6 Å². The van der Waals surface area contributed by atoms with E-state index in [2.05, 4.69) is 9.98 Å². The van der Waals surface area contributed by atoms with Gasteiger partial charge in [-0.15, -0.1) is 0 Å². The quantitative estimate of drug-likeness (QED) is 0.838. The van der Waals surface area contributed by atoms with Crippen molar-refractivity contribution in [2.75, 3.05) is 0 Å². The van der Waals surface area contributed by atoms with E-state index in [9.17, 15) is 23.4 Å². The van der Waals surface area contributed by atoms with Crippen LogP contribution in [0.3, 0.4) is 0 Å². The predicted octanol–water partition coefficient (Wildman–Crippen LogP) is 1.79. The molecule has 2 aromatic rings. The minimum atomic E-state index is -2.42. The van der Waals surface area contributed by atoms with E-state index >= 15 is 0 Å². The zero-order valence-electron chi connectivity index (χ0n) is 9.89. The molecule has 0 fully saturated rings. The van der Waals surface area contributed by atoms with E-state index in [1.807, 2.05) is 0 Å². The van der Waals surface area contributed by atoms with Gasteiger partial charge in [0, 0.05) is 24.5 Å². The molecule has 104 valence electrons.